The number of rotatable bonds is 42. The number of esters is 1. The molecule has 0 radical (unpaired) electrons. The Kier molecular flexibility index (Phi) is 41.1. The summed E-state index contributed by atoms with van der Waals surface area (Å²) in [4.78, 5) is 75.9. The standard InChI is InChI=1S/C33H54N2O6Si.C18H25NO5Si.C15H31NO3.CH4/c1-6-7-8-11-17-27(18-12-9-10-16-26(2)31(34)36)41-33(38)29-20-15-22-35(29)32(37)28-19-13-14-21-30(28)40-25-39-23-24-42(3,4)5;1-25(2,3)12-11-23-13-24-16-9-5-4-7-14(16)17(20)19-10-6-8-15(19)18(21)22;1-3-4-5-7-10-13(17)11-8-6-9-12-14(19-2)15(16)18;/h13-15,19,21-22,26-27,29H,6-12,16-18,20,23-25H2,1-5H3,(H2,34,36);4-7,9-10,15H,8,11-13H2,1-3H3,(H,21,22);13-14,17H,3-12H2,1-2H3,(H2,16,18);1H4/t26-,27-,29+;15-;13-,14-;/m101./s1. The van der Waals surface area contributed by atoms with Crippen molar-refractivity contribution in [2.45, 2.75) is 251 Å². The van der Waals surface area contributed by atoms with Crippen LogP contribution in [0.15, 0.2) is 73.1 Å². The Hall–Kier alpha value is -5.39. The van der Waals surface area contributed by atoms with Crippen molar-refractivity contribution in [3.8, 4) is 11.5 Å². The SMILES string of the molecule is C.CCCCCC[C@@H](O)CCCCC[C@@H](OC)C(N)=O.CCCCCC[C@H](CCCCC[C@@H](C)C(N)=O)OC(=O)[C@@H]1CC=CN1C(=O)c1ccccc1OCOCC[Si](C)(C)C.C[Si](C)(C)CCOCOc1ccccc1C(=O)N1C=CC[C@H]1C(=O)O. The monoisotopic (exact) mass is 1250 g/mol. The zero-order valence-electron chi connectivity index (χ0n) is 54.0. The molecule has 0 bridgehead atoms. The highest BCUT2D eigenvalue weighted by Gasteiger charge is 2.36. The minimum Gasteiger partial charge on any atom is -0.480 e. The second-order valence-electron chi connectivity index (χ2n) is 25.1. The molecule has 87 heavy (non-hydrogen) atoms. The first-order valence-corrected chi connectivity index (χ1v) is 39.2. The second-order valence-corrected chi connectivity index (χ2v) is 36.4. The molecule has 494 valence electrons. The van der Waals surface area contributed by atoms with Gasteiger partial charge in [0, 0.05) is 54.8 Å². The molecule has 0 fully saturated rings. The van der Waals surface area contributed by atoms with Crippen molar-refractivity contribution < 1.29 is 67.4 Å². The van der Waals surface area contributed by atoms with Crippen molar-refractivity contribution in [3.63, 3.8) is 0 Å². The molecule has 0 aromatic heterocycles. The quantitative estimate of drug-likeness (QED) is 0.0209. The predicted molar refractivity (Wildman–Crippen MR) is 352 cm³/mol. The van der Waals surface area contributed by atoms with Crippen LogP contribution in [0.25, 0.3) is 0 Å². The van der Waals surface area contributed by atoms with Gasteiger partial charge in [-0.1, -0.05) is 181 Å². The van der Waals surface area contributed by atoms with Gasteiger partial charge in [-0.05, 0) is 101 Å². The van der Waals surface area contributed by atoms with E-state index in [9.17, 15) is 39.0 Å². The lowest BCUT2D eigenvalue weighted by atomic mass is 9.99. The average molecular weight is 1260 g/mol. The van der Waals surface area contributed by atoms with Gasteiger partial charge < -0.3 is 59.9 Å². The van der Waals surface area contributed by atoms with Crippen LogP contribution in [0.1, 0.15) is 190 Å². The summed E-state index contributed by atoms with van der Waals surface area (Å²) in [6, 6.07) is 14.4. The largest absolute Gasteiger partial charge is 0.480 e. The van der Waals surface area contributed by atoms with Crippen molar-refractivity contribution in [1.82, 2.24) is 9.80 Å². The van der Waals surface area contributed by atoms with Gasteiger partial charge in [0.2, 0.25) is 11.8 Å². The fourth-order valence-corrected chi connectivity index (χ4v) is 11.0. The van der Waals surface area contributed by atoms with Crippen molar-refractivity contribution in [2.75, 3.05) is 33.9 Å². The summed E-state index contributed by atoms with van der Waals surface area (Å²) in [5.41, 5.74) is 11.3. The minimum absolute atomic E-state index is 0. The van der Waals surface area contributed by atoms with Gasteiger partial charge in [-0.15, -0.1) is 0 Å². The lowest BCUT2D eigenvalue weighted by Gasteiger charge is -2.26. The summed E-state index contributed by atoms with van der Waals surface area (Å²) in [6.45, 7) is 21.3. The number of para-hydroxylation sites is 2. The van der Waals surface area contributed by atoms with Gasteiger partial charge in [-0.25, -0.2) is 9.59 Å². The molecule has 2 aliphatic heterocycles. The van der Waals surface area contributed by atoms with E-state index in [2.05, 4.69) is 53.1 Å². The first-order valence-electron chi connectivity index (χ1n) is 31.7. The molecule has 2 aliphatic rings. The molecule has 6 N–H and O–H groups in total. The van der Waals surface area contributed by atoms with E-state index in [1.807, 2.05) is 19.1 Å². The van der Waals surface area contributed by atoms with E-state index >= 15 is 0 Å². The van der Waals surface area contributed by atoms with E-state index < -0.39 is 46.2 Å². The van der Waals surface area contributed by atoms with Gasteiger partial charge in [0.1, 0.15) is 35.8 Å². The van der Waals surface area contributed by atoms with Crippen LogP contribution < -0.4 is 20.9 Å². The summed E-state index contributed by atoms with van der Waals surface area (Å²) in [6.07, 6.45) is 26.4. The number of aliphatic carboxylic acids is 1. The minimum atomic E-state index is -1.20. The van der Waals surface area contributed by atoms with E-state index in [1.54, 1.807) is 54.7 Å². The number of aliphatic hydroxyl groups excluding tert-OH is 1. The Labute approximate surface area is 524 Å². The molecule has 0 spiro atoms. The van der Waals surface area contributed by atoms with Crippen LogP contribution in [0.5, 0.6) is 11.5 Å². The third kappa shape index (κ3) is 34.2. The van der Waals surface area contributed by atoms with Crippen molar-refractivity contribution in [3.05, 3.63) is 84.2 Å². The van der Waals surface area contributed by atoms with E-state index in [0.29, 0.717) is 55.1 Å². The van der Waals surface area contributed by atoms with Crippen LogP contribution in [0.4, 0.5) is 0 Å². The summed E-state index contributed by atoms with van der Waals surface area (Å²) in [5.74, 6) is -2.03. The fourth-order valence-electron chi connectivity index (χ4n) is 9.45. The third-order valence-electron chi connectivity index (χ3n) is 15.1. The normalized spacial score (nSPS) is 15.9. The average Bonchev–Trinajstić information content (AvgIpc) is 3.01. The van der Waals surface area contributed by atoms with E-state index in [1.165, 1.54) is 42.4 Å². The molecular weight excluding hydrogens is 1140 g/mol. The summed E-state index contributed by atoms with van der Waals surface area (Å²) in [5, 5.41) is 19.0. The topological polar surface area (TPSA) is 257 Å². The molecule has 0 unspecified atom stereocenters. The molecule has 18 nitrogen and oxygen atoms in total. The molecule has 2 aromatic rings. The number of hydrogen-bond donors (Lipinski definition) is 4. The highest BCUT2D eigenvalue weighted by Crippen LogP contribution is 2.28. The summed E-state index contributed by atoms with van der Waals surface area (Å²) >= 11 is 0. The predicted octanol–water partition coefficient (Wildman–Crippen LogP) is 13.7. The summed E-state index contributed by atoms with van der Waals surface area (Å²) in [7, 11) is -0.850. The van der Waals surface area contributed by atoms with Crippen LogP contribution in [0.3, 0.4) is 0 Å². The maximum absolute atomic E-state index is 13.6. The molecule has 6 atom stereocenters. The summed E-state index contributed by atoms with van der Waals surface area (Å²) < 4.78 is 33.7. The number of nitrogens with two attached hydrogens (primary N) is 2. The molecular formula is C67H114N4O14Si2. The number of carboxylic acids is 1. The maximum atomic E-state index is 13.6. The molecule has 0 aliphatic carbocycles. The van der Waals surface area contributed by atoms with Crippen LogP contribution in [0.2, 0.25) is 51.4 Å². The molecule has 4 amide bonds. The zero-order valence-corrected chi connectivity index (χ0v) is 56.0. The van der Waals surface area contributed by atoms with Crippen LogP contribution in [-0.4, -0.2) is 136 Å². The Morgan fingerprint density at radius 3 is 1.43 bits per heavy atom. The Morgan fingerprint density at radius 1 is 0.586 bits per heavy atom. The number of carboxylic acid groups (broad SMARTS) is 1. The van der Waals surface area contributed by atoms with Gasteiger partial charge in [0.15, 0.2) is 13.6 Å². The first kappa shape index (κ1) is 79.6. The molecule has 0 saturated carbocycles. The van der Waals surface area contributed by atoms with E-state index in [4.69, 9.17) is 39.9 Å². The number of benzene rings is 2. The van der Waals surface area contributed by atoms with Crippen molar-refractivity contribution >= 4 is 51.7 Å². The Morgan fingerprint density at radius 2 is 1.00 bits per heavy atom. The smallest absolute Gasteiger partial charge is 0.329 e. The maximum Gasteiger partial charge on any atom is 0.329 e. The zero-order chi connectivity index (χ0) is 63.9. The van der Waals surface area contributed by atoms with Gasteiger partial charge >= 0.3 is 11.9 Å². The molecule has 4 rings (SSSR count). The van der Waals surface area contributed by atoms with Crippen molar-refractivity contribution in [2.24, 2.45) is 17.4 Å². The fraction of sp³-hybridized carbons (Fsp3) is 0.672. The number of primary amides is 2. The lowest BCUT2D eigenvalue weighted by Crippen LogP contribution is -2.41. The lowest BCUT2D eigenvalue weighted by molar-refractivity contribution is -0.154. The van der Waals surface area contributed by atoms with Crippen molar-refractivity contribution in [1.29, 1.82) is 0 Å². The van der Waals surface area contributed by atoms with Gasteiger partial charge in [-0.2, -0.15) is 0 Å². The number of methoxy groups -OCH3 is 1. The van der Waals surface area contributed by atoms with Gasteiger partial charge in [0.05, 0.1) is 17.2 Å². The molecule has 2 aromatic carbocycles. The second kappa shape index (κ2) is 45.0. The number of unbranched alkanes of at least 4 members (excludes halogenated alkanes) is 10. The van der Waals surface area contributed by atoms with E-state index in [-0.39, 0.29) is 62.8 Å². The number of carbonyl (C=O) groups is 6. The number of carbonyl (C=O) groups excluding carboxylic acids is 5. The first-order chi connectivity index (χ1) is 40.9. The van der Waals surface area contributed by atoms with Gasteiger partial charge in [-0.3, -0.25) is 19.2 Å². The molecule has 20 heteroatoms. The molecule has 2 heterocycles. The highest BCUT2D eigenvalue weighted by atomic mass is 28.3. The highest BCUT2D eigenvalue weighted by molar-refractivity contribution is 6.76. The number of hydrogen-bond acceptors (Lipinski definition) is 13. The van der Waals surface area contributed by atoms with E-state index in [0.717, 1.165) is 115 Å². The van der Waals surface area contributed by atoms with Crippen LogP contribution in [0, 0.1) is 5.92 Å². The number of nitrogens with zero attached hydrogens (tertiary/aromatic N) is 2. The third-order valence-corrected chi connectivity index (χ3v) is 18.5. The Balaban J connectivity index is 0.000000713. The molecule has 0 saturated heterocycles. The van der Waals surface area contributed by atoms with Crippen LogP contribution >= 0.6 is 0 Å². The van der Waals surface area contributed by atoms with Gasteiger partial charge in [0.25, 0.3) is 11.8 Å². The number of ether oxygens (including phenoxy) is 6. The Bertz CT molecular complexity index is 2340. The van der Waals surface area contributed by atoms with Crippen LogP contribution in [-0.2, 0) is 38.1 Å². The number of aliphatic hydroxyl groups is 1. The number of amides is 4.